The number of nitrogens with zero attached hydrogens (tertiary/aromatic N) is 4. The van der Waals surface area contributed by atoms with Crippen molar-refractivity contribution in [1.82, 2.24) is 15.0 Å². The van der Waals surface area contributed by atoms with Crippen LogP contribution in [0.15, 0.2) is 24.3 Å². The van der Waals surface area contributed by atoms with Crippen LogP contribution in [-0.4, -0.2) is 76.4 Å². The van der Waals surface area contributed by atoms with Crippen LogP contribution in [0.5, 0.6) is 6.01 Å². The minimum atomic E-state index is -0.776. The Kier molecular flexibility index (Phi) is 7.06. The van der Waals surface area contributed by atoms with E-state index in [1.807, 2.05) is 27.7 Å². The number of rotatable bonds is 6. The minimum absolute atomic E-state index is 0.169. The smallest absolute Gasteiger partial charge is 0.323 e. The zero-order valence-electron chi connectivity index (χ0n) is 24.4. The third-order valence-corrected chi connectivity index (χ3v) is 8.58. The number of hydrogen-bond acceptors (Lipinski definition) is 11. The van der Waals surface area contributed by atoms with Gasteiger partial charge in [-0.05, 0) is 58.1 Å². The second-order valence-electron chi connectivity index (χ2n) is 12.7. The summed E-state index contributed by atoms with van der Waals surface area (Å²) in [5.74, 6) is -0.388. The van der Waals surface area contributed by atoms with Gasteiger partial charge in [-0.15, -0.1) is 0 Å². The maximum absolute atomic E-state index is 6.34. The average molecular weight is 568 g/mol. The summed E-state index contributed by atoms with van der Waals surface area (Å²) in [5, 5.41) is 3.56. The maximum atomic E-state index is 6.34. The number of fused-ring (bicyclic) bond motifs is 4. The van der Waals surface area contributed by atoms with Crippen molar-refractivity contribution in [3.63, 3.8) is 0 Å². The van der Waals surface area contributed by atoms with E-state index in [1.165, 1.54) is 30.4 Å². The molecular weight excluding hydrogens is 526 g/mol. The highest BCUT2D eigenvalue weighted by molar-refractivity contribution is 5.43. The predicted octanol–water partition coefficient (Wildman–Crippen LogP) is 3.95. The molecule has 4 aliphatic heterocycles. The van der Waals surface area contributed by atoms with E-state index < -0.39 is 24.0 Å². The van der Waals surface area contributed by atoms with Crippen molar-refractivity contribution in [2.75, 3.05) is 23.4 Å². The molecule has 0 amide bonds. The highest BCUT2D eigenvalue weighted by Crippen LogP contribution is 2.44. The molecule has 4 fully saturated rings. The van der Waals surface area contributed by atoms with Crippen molar-refractivity contribution in [3.05, 3.63) is 35.4 Å². The van der Waals surface area contributed by atoms with Crippen LogP contribution >= 0.6 is 0 Å². The second-order valence-corrected chi connectivity index (χ2v) is 12.7. The first-order valence-electron chi connectivity index (χ1n) is 15.1. The first-order valence-corrected chi connectivity index (χ1v) is 15.1. The molecule has 0 radical (unpaired) electrons. The van der Waals surface area contributed by atoms with Crippen LogP contribution in [-0.2, 0) is 36.6 Å². The molecule has 5 atom stereocenters. The van der Waals surface area contributed by atoms with Crippen LogP contribution in [0.25, 0.3) is 0 Å². The Bertz CT molecular complexity index is 1250. The van der Waals surface area contributed by atoms with Gasteiger partial charge in [-0.25, -0.2) is 0 Å². The summed E-state index contributed by atoms with van der Waals surface area (Å²) in [6.07, 6.45) is 4.72. The van der Waals surface area contributed by atoms with Crippen molar-refractivity contribution in [2.24, 2.45) is 0 Å². The molecule has 5 heterocycles. The van der Waals surface area contributed by atoms with E-state index in [0.717, 1.165) is 32.4 Å². The van der Waals surface area contributed by atoms with Crippen molar-refractivity contribution in [3.8, 4) is 6.01 Å². The number of benzene rings is 1. The Morgan fingerprint density at radius 3 is 2.44 bits per heavy atom. The first-order chi connectivity index (χ1) is 19.7. The molecule has 2 aromatic rings. The molecule has 1 N–H and O–H groups in total. The molecule has 1 aromatic carbocycles. The second kappa shape index (κ2) is 10.6. The quantitative estimate of drug-likeness (QED) is 0.548. The summed E-state index contributed by atoms with van der Waals surface area (Å²) in [5.41, 5.74) is 2.67. The van der Waals surface area contributed by atoms with Gasteiger partial charge in [-0.3, -0.25) is 0 Å². The third-order valence-electron chi connectivity index (χ3n) is 8.58. The van der Waals surface area contributed by atoms with Gasteiger partial charge in [-0.1, -0.05) is 43.5 Å². The van der Waals surface area contributed by atoms with Gasteiger partial charge in [-0.2, -0.15) is 15.0 Å². The Balaban J connectivity index is 1.12. The lowest BCUT2D eigenvalue weighted by atomic mass is 9.96. The van der Waals surface area contributed by atoms with Crippen molar-refractivity contribution in [1.29, 1.82) is 0 Å². The molecule has 0 bridgehead atoms. The number of hydrogen-bond donors (Lipinski definition) is 1. The maximum Gasteiger partial charge on any atom is 0.323 e. The summed E-state index contributed by atoms with van der Waals surface area (Å²) in [6.45, 7) is 9.30. The van der Waals surface area contributed by atoms with Gasteiger partial charge in [0.1, 0.15) is 31.0 Å². The highest BCUT2D eigenvalue weighted by Gasteiger charge is 2.60. The summed E-state index contributed by atoms with van der Waals surface area (Å²) in [7, 11) is 0. The van der Waals surface area contributed by atoms with Crippen LogP contribution in [0, 0.1) is 0 Å². The lowest BCUT2D eigenvalue weighted by Crippen LogP contribution is -2.56. The fraction of sp³-hybridized carbons (Fsp3) is 0.700. The zero-order valence-corrected chi connectivity index (χ0v) is 24.4. The van der Waals surface area contributed by atoms with Crippen molar-refractivity contribution < 1.29 is 28.4 Å². The van der Waals surface area contributed by atoms with Crippen LogP contribution in [0.1, 0.15) is 70.9 Å². The van der Waals surface area contributed by atoms with Crippen LogP contribution in [0.2, 0.25) is 0 Å². The lowest BCUT2D eigenvalue weighted by Gasteiger charge is -2.36. The Labute approximate surface area is 241 Å². The largest absolute Gasteiger partial charge is 0.460 e. The molecule has 11 heteroatoms. The summed E-state index contributed by atoms with van der Waals surface area (Å²) >= 11 is 0. The molecule has 0 spiro atoms. The Morgan fingerprint density at radius 2 is 1.61 bits per heavy atom. The summed E-state index contributed by atoms with van der Waals surface area (Å²) in [6, 6.07) is 9.16. The predicted molar refractivity (Wildman–Crippen MR) is 150 cm³/mol. The molecule has 41 heavy (non-hydrogen) atoms. The topological polar surface area (TPSA) is 109 Å². The summed E-state index contributed by atoms with van der Waals surface area (Å²) in [4.78, 5) is 16.5. The fourth-order valence-electron chi connectivity index (χ4n) is 6.70. The highest BCUT2D eigenvalue weighted by atomic mass is 16.9. The Hall–Kier alpha value is -2.57. The number of aromatic nitrogens is 3. The van der Waals surface area contributed by atoms with E-state index in [1.54, 1.807) is 0 Å². The molecule has 7 rings (SSSR count). The Morgan fingerprint density at radius 1 is 0.878 bits per heavy atom. The van der Waals surface area contributed by atoms with Crippen LogP contribution < -0.4 is 15.0 Å². The van der Waals surface area contributed by atoms with E-state index in [4.69, 9.17) is 38.4 Å². The SMILES string of the molecule is CC1(C)O[C@H]2[C@@H](O1)[C@@H](COc1nc(NC3CCCCC3)nc(N3CCc4ccccc4C3)n1)O[C@@H]1OC(C)(C)O[C@@H]12. The molecule has 1 aliphatic carbocycles. The zero-order chi connectivity index (χ0) is 28.2. The van der Waals surface area contributed by atoms with E-state index in [2.05, 4.69) is 39.5 Å². The normalized spacial score (nSPS) is 32.2. The van der Waals surface area contributed by atoms with Crippen LogP contribution in [0.4, 0.5) is 11.9 Å². The van der Waals surface area contributed by atoms with Gasteiger partial charge in [0.25, 0.3) is 0 Å². The van der Waals surface area contributed by atoms with Gasteiger partial charge >= 0.3 is 6.01 Å². The monoisotopic (exact) mass is 567 g/mol. The number of anilines is 2. The van der Waals surface area contributed by atoms with E-state index in [0.29, 0.717) is 17.9 Å². The molecule has 1 saturated carbocycles. The molecule has 222 valence electrons. The van der Waals surface area contributed by atoms with E-state index in [-0.39, 0.29) is 30.9 Å². The van der Waals surface area contributed by atoms with Gasteiger partial charge in [0.15, 0.2) is 17.9 Å². The van der Waals surface area contributed by atoms with Crippen molar-refractivity contribution in [2.45, 2.75) is 121 Å². The molecule has 0 unspecified atom stereocenters. The molecule has 3 saturated heterocycles. The third kappa shape index (κ3) is 5.75. The minimum Gasteiger partial charge on any atom is -0.460 e. The molecule has 11 nitrogen and oxygen atoms in total. The average Bonchev–Trinajstić information content (AvgIpc) is 3.45. The first kappa shape index (κ1) is 27.3. The van der Waals surface area contributed by atoms with Gasteiger partial charge in [0.2, 0.25) is 11.9 Å². The molecule has 5 aliphatic rings. The number of ether oxygens (including phenoxy) is 6. The van der Waals surface area contributed by atoms with E-state index in [9.17, 15) is 0 Å². The standard InChI is InChI=1S/C30H41N5O6/c1-29(2)38-22-21(37-25-24(23(22)39-29)40-30(3,4)41-25)17-36-28-33-26(31-20-12-6-5-7-13-20)32-27(34-28)35-15-14-18-10-8-9-11-19(18)16-35/h8-11,20-25H,5-7,12-17H2,1-4H3,(H,31,32,33,34)/t21-,22+,23+,24-,25-/m1/s1. The van der Waals surface area contributed by atoms with E-state index >= 15 is 0 Å². The fourth-order valence-corrected chi connectivity index (χ4v) is 6.70. The van der Waals surface area contributed by atoms with Gasteiger partial charge < -0.3 is 38.6 Å². The molecule has 1 aromatic heterocycles. The summed E-state index contributed by atoms with van der Waals surface area (Å²) < 4.78 is 37.3. The lowest BCUT2D eigenvalue weighted by molar-refractivity contribution is -0.238. The molecular formula is C30H41N5O6. The number of nitrogens with one attached hydrogen (secondary N) is 1. The van der Waals surface area contributed by atoms with Crippen LogP contribution in [0.3, 0.4) is 0 Å². The van der Waals surface area contributed by atoms with Crippen molar-refractivity contribution >= 4 is 11.9 Å². The van der Waals surface area contributed by atoms with Gasteiger partial charge in [0.05, 0.1) is 0 Å². The van der Waals surface area contributed by atoms with Gasteiger partial charge in [0, 0.05) is 19.1 Å².